The van der Waals surface area contributed by atoms with Gasteiger partial charge in [-0.05, 0) is 68.3 Å². The van der Waals surface area contributed by atoms with E-state index in [0.717, 1.165) is 30.5 Å². The monoisotopic (exact) mass is 385 g/mol. The minimum atomic E-state index is -0.0809. The summed E-state index contributed by atoms with van der Waals surface area (Å²) in [5.74, 6) is -0.0809. The van der Waals surface area contributed by atoms with E-state index in [-0.39, 0.29) is 18.0 Å². The molecule has 6 heteroatoms. The van der Waals surface area contributed by atoms with Crippen LogP contribution >= 0.6 is 11.3 Å². The average molecular weight is 386 g/mol. The topological polar surface area (TPSA) is 61.4 Å². The fourth-order valence-corrected chi connectivity index (χ4v) is 3.57. The van der Waals surface area contributed by atoms with E-state index in [9.17, 15) is 9.59 Å². The molecule has 0 spiro atoms. The fraction of sp³-hybridized carbons (Fsp3) is 0.429. The smallest absolute Gasteiger partial charge is 0.322 e. The highest BCUT2D eigenvalue weighted by Gasteiger charge is 2.33. The van der Waals surface area contributed by atoms with E-state index in [1.165, 1.54) is 4.88 Å². The standard InChI is InChI=1S/C21H27N3O2S/c1-4-15(3)22-20(25)16-7-10-19(14(2)12-16)23-21(26)24(17-8-9-17)13-18-6-5-11-27-18/h5-7,10-12,15,17H,4,8-9,13H2,1-3H3,(H,22,25)(H,23,26). The molecule has 5 nitrogen and oxygen atoms in total. The second-order valence-corrected chi connectivity index (χ2v) is 8.21. The molecule has 1 fully saturated rings. The Hall–Kier alpha value is -2.34. The highest BCUT2D eigenvalue weighted by Crippen LogP contribution is 2.30. The van der Waals surface area contributed by atoms with Gasteiger partial charge in [-0.1, -0.05) is 13.0 Å². The molecular formula is C21H27N3O2S. The Balaban J connectivity index is 1.67. The molecule has 1 atom stereocenters. The molecule has 0 bridgehead atoms. The van der Waals surface area contributed by atoms with Crippen molar-refractivity contribution in [2.24, 2.45) is 0 Å². The highest BCUT2D eigenvalue weighted by molar-refractivity contribution is 7.09. The molecule has 3 amide bonds. The molecular weight excluding hydrogens is 358 g/mol. The number of amides is 3. The first-order valence-corrected chi connectivity index (χ1v) is 10.4. The number of aryl methyl sites for hydroxylation is 1. The summed E-state index contributed by atoms with van der Waals surface area (Å²) in [5.41, 5.74) is 2.24. The Kier molecular flexibility index (Phi) is 6.16. The Labute approximate surface area is 164 Å². The average Bonchev–Trinajstić information content (AvgIpc) is 3.36. The Bertz CT molecular complexity index is 800. The van der Waals surface area contributed by atoms with E-state index < -0.39 is 0 Å². The second kappa shape index (κ2) is 8.57. The van der Waals surface area contributed by atoms with Gasteiger partial charge in [-0.2, -0.15) is 0 Å². The first-order chi connectivity index (χ1) is 13.0. The number of hydrogen-bond acceptors (Lipinski definition) is 3. The molecule has 0 saturated heterocycles. The maximum absolute atomic E-state index is 12.8. The van der Waals surface area contributed by atoms with E-state index in [2.05, 4.69) is 16.7 Å². The number of benzene rings is 1. The molecule has 1 aromatic heterocycles. The van der Waals surface area contributed by atoms with Crippen molar-refractivity contribution < 1.29 is 9.59 Å². The van der Waals surface area contributed by atoms with Crippen molar-refractivity contribution in [3.8, 4) is 0 Å². The lowest BCUT2D eigenvalue weighted by atomic mass is 10.1. The first-order valence-electron chi connectivity index (χ1n) is 9.49. The number of nitrogens with zero attached hydrogens (tertiary/aromatic N) is 1. The van der Waals surface area contributed by atoms with E-state index in [1.54, 1.807) is 17.4 Å². The van der Waals surface area contributed by atoms with Crippen molar-refractivity contribution in [3.63, 3.8) is 0 Å². The van der Waals surface area contributed by atoms with Gasteiger partial charge in [-0.15, -0.1) is 11.3 Å². The summed E-state index contributed by atoms with van der Waals surface area (Å²) < 4.78 is 0. The largest absolute Gasteiger partial charge is 0.350 e. The summed E-state index contributed by atoms with van der Waals surface area (Å²) in [6.07, 6.45) is 3.01. The number of urea groups is 1. The van der Waals surface area contributed by atoms with Crippen LogP contribution in [0.2, 0.25) is 0 Å². The first kappa shape index (κ1) is 19.4. The van der Waals surface area contributed by atoms with Gasteiger partial charge in [0, 0.05) is 28.2 Å². The van der Waals surface area contributed by atoms with Gasteiger partial charge >= 0.3 is 6.03 Å². The van der Waals surface area contributed by atoms with Gasteiger partial charge < -0.3 is 15.5 Å². The van der Waals surface area contributed by atoms with Crippen molar-refractivity contribution >= 4 is 29.0 Å². The van der Waals surface area contributed by atoms with Crippen molar-refractivity contribution in [2.75, 3.05) is 5.32 Å². The molecule has 1 heterocycles. The molecule has 0 radical (unpaired) electrons. The Morgan fingerprint density at radius 2 is 2.07 bits per heavy atom. The third kappa shape index (κ3) is 5.10. The lowest BCUT2D eigenvalue weighted by Gasteiger charge is -2.23. The number of carbonyl (C=O) groups excluding carboxylic acids is 2. The van der Waals surface area contributed by atoms with Crippen LogP contribution in [0.15, 0.2) is 35.7 Å². The van der Waals surface area contributed by atoms with Gasteiger partial charge in [-0.25, -0.2) is 4.79 Å². The SMILES string of the molecule is CCC(C)NC(=O)c1ccc(NC(=O)N(Cc2cccs2)C2CC2)c(C)c1. The molecule has 2 N–H and O–H groups in total. The van der Waals surface area contributed by atoms with Gasteiger partial charge in [0.1, 0.15) is 0 Å². The van der Waals surface area contributed by atoms with Crippen LogP contribution in [0.1, 0.15) is 53.9 Å². The zero-order valence-electron chi connectivity index (χ0n) is 16.1. The molecule has 1 aliphatic carbocycles. The second-order valence-electron chi connectivity index (χ2n) is 7.18. The molecule has 3 rings (SSSR count). The predicted octanol–water partition coefficient (Wildman–Crippen LogP) is 4.78. The van der Waals surface area contributed by atoms with Crippen LogP contribution in [-0.2, 0) is 6.54 Å². The molecule has 1 unspecified atom stereocenters. The summed E-state index contributed by atoms with van der Waals surface area (Å²) in [5, 5.41) is 8.02. The van der Waals surface area contributed by atoms with E-state index >= 15 is 0 Å². The number of rotatable bonds is 7. The van der Waals surface area contributed by atoms with Crippen LogP contribution in [0.4, 0.5) is 10.5 Å². The van der Waals surface area contributed by atoms with Gasteiger partial charge in [0.25, 0.3) is 5.91 Å². The minimum absolute atomic E-state index is 0.0780. The third-order valence-corrected chi connectivity index (χ3v) is 5.74. The molecule has 1 aromatic carbocycles. The maximum Gasteiger partial charge on any atom is 0.322 e. The van der Waals surface area contributed by atoms with Crippen LogP contribution in [0, 0.1) is 6.92 Å². The summed E-state index contributed by atoms with van der Waals surface area (Å²) in [6, 6.07) is 9.87. The molecule has 1 saturated carbocycles. The number of thiophene rings is 1. The van der Waals surface area contributed by atoms with Crippen LogP contribution in [0.25, 0.3) is 0 Å². The Morgan fingerprint density at radius 3 is 2.67 bits per heavy atom. The number of hydrogen-bond donors (Lipinski definition) is 2. The molecule has 0 aliphatic heterocycles. The third-order valence-electron chi connectivity index (χ3n) is 4.87. The molecule has 27 heavy (non-hydrogen) atoms. The van der Waals surface area contributed by atoms with E-state index in [1.807, 2.05) is 49.3 Å². The number of carbonyl (C=O) groups is 2. The van der Waals surface area contributed by atoms with Gasteiger partial charge in [0.15, 0.2) is 0 Å². The van der Waals surface area contributed by atoms with Gasteiger partial charge in [0.05, 0.1) is 6.54 Å². The van der Waals surface area contributed by atoms with Crippen LogP contribution in [-0.4, -0.2) is 28.9 Å². The zero-order valence-corrected chi connectivity index (χ0v) is 16.9. The minimum Gasteiger partial charge on any atom is -0.350 e. The predicted molar refractivity (Wildman–Crippen MR) is 110 cm³/mol. The molecule has 2 aromatic rings. The quantitative estimate of drug-likeness (QED) is 0.720. The molecule has 1 aliphatic rings. The van der Waals surface area contributed by atoms with Crippen LogP contribution in [0.3, 0.4) is 0 Å². The van der Waals surface area contributed by atoms with Crippen molar-refractivity contribution in [1.29, 1.82) is 0 Å². The van der Waals surface area contributed by atoms with Crippen molar-refractivity contribution in [1.82, 2.24) is 10.2 Å². The summed E-state index contributed by atoms with van der Waals surface area (Å²) in [6.45, 7) is 6.58. The lowest BCUT2D eigenvalue weighted by molar-refractivity contribution is 0.0939. The van der Waals surface area contributed by atoms with Crippen molar-refractivity contribution in [3.05, 3.63) is 51.7 Å². The summed E-state index contributed by atoms with van der Waals surface area (Å²) in [7, 11) is 0. The van der Waals surface area contributed by atoms with E-state index in [0.29, 0.717) is 18.2 Å². The number of nitrogens with one attached hydrogen (secondary N) is 2. The van der Waals surface area contributed by atoms with Gasteiger partial charge in [0.2, 0.25) is 0 Å². The fourth-order valence-electron chi connectivity index (χ4n) is 2.86. The molecule has 144 valence electrons. The van der Waals surface area contributed by atoms with Crippen molar-refractivity contribution in [2.45, 2.75) is 58.7 Å². The van der Waals surface area contributed by atoms with Crippen LogP contribution < -0.4 is 10.6 Å². The van der Waals surface area contributed by atoms with Crippen LogP contribution in [0.5, 0.6) is 0 Å². The van der Waals surface area contributed by atoms with E-state index in [4.69, 9.17) is 0 Å². The summed E-state index contributed by atoms with van der Waals surface area (Å²) in [4.78, 5) is 28.2. The highest BCUT2D eigenvalue weighted by atomic mass is 32.1. The maximum atomic E-state index is 12.8. The Morgan fingerprint density at radius 1 is 1.30 bits per heavy atom. The van der Waals surface area contributed by atoms with Gasteiger partial charge in [-0.3, -0.25) is 4.79 Å². The zero-order chi connectivity index (χ0) is 19.4. The number of anilines is 1. The summed E-state index contributed by atoms with van der Waals surface area (Å²) >= 11 is 1.67. The lowest BCUT2D eigenvalue weighted by Crippen LogP contribution is -2.36. The normalized spacial score (nSPS) is 14.5.